The summed E-state index contributed by atoms with van der Waals surface area (Å²) in [5.74, 6) is 0.634. The highest BCUT2D eigenvalue weighted by molar-refractivity contribution is 5.82. The van der Waals surface area contributed by atoms with E-state index in [-0.39, 0.29) is 18.2 Å². The number of benzene rings is 2. The predicted molar refractivity (Wildman–Crippen MR) is 95.2 cm³/mol. The molecule has 8 heteroatoms. The Morgan fingerprint density at radius 2 is 1.79 bits per heavy atom. The Bertz CT molecular complexity index is 991. The average Bonchev–Trinajstić information content (AvgIpc) is 3.42. The number of carbonyl (C=O) groups is 1. The molecule has 1 aliphatic rings. The molecule has 1 aliphatic carbocycles. The van der Waals surface area contributed by atoms with Crippen molar-refractivity contribution < 1.29 is 18.0 Å². The smallest absolute Gasteiger partial charge is 0.297 e. The number of carbonyl (C=O) groups excluding carboxylic acids is 1. The van der Waals surface area contributed by atoms with Crippen molar-refractivity contribution in [1.29, 1.82) is 0 Å². The maximum Gasteiger partial charge on any atom is 0.416 e. The van der Waals surface area contributed by atoms with Crippen LogP contribution in [0.15, 0.2) is 48.5 Å². The minimum Gasteiger partial charge on any atom is -0.297 e. The summed E-state index contributed by atoms with van der Waals surface area (Å²) in [6.45, 7) is 0.110. The Kier molecular flexibility index (Phi) is 4.70. The van der Waals surface area contributed by atoms with E-state index in [4.69, 9.17) is 0 Å². The molecule has 0 aliphatic heterocycles. The van der Waals surface area contributed by atoms with Crippen LogP contribution in [0.25, 0.3) is 11.4 Å². The molecule has 0 saturated heterocycles. The molecule has 0 bridgehead atoms. The second-order valence-corrected chi connectivity index (χ2v) is 6.91. The number of hydrogen-bond donors (Lipinski definition) is 0. The molecule has 1 heterocycles. The van der Waals surface area contributed by atoms with Crippen molar-refractivity contribution in [2.75, 3.05) is 0 Å². The van der Waals surface area contributed by atoms with Crippen molar-refractivity contribution in [2.24, 2.45) is 5.92 Å². The first kappa shape index (κ1) is 18.3. The molecule has 2 aromatic carbocycles. The largest absolute Gasteiger partial charge is 0.416 e. The quantitative estimate of drug-likeness (QED) is 0.644. The Balaban J connectivity index is 1.54. The maximum absolute atomic E-state index is 12.7. The molecule has 28 heavy (non-hydrogen) atoms. The number of hydrogen-bond acceptors (Lipinski definition) is 4. The number of alkyl halides is 3. The number of nitrogens with zero attached hydrogens (tertiary/aromatic N) is 4. The Morgan fingerprint density at radius 3 is 2.46 bits per heavy atom. The van der Waals surface area contributed by atoms with Crippen LogP contribution in [0.5, 0.6) is 0 Å². The summed E-state index contributed by atoms with van der Waals surface area (Å²) in [6.07, 6.45) is -2.06. The normalized spacial score (nSPS) is 14.2. The molecule has 0 radical (unpaired) electrons. The minimum atomic E-state index is -4.35. The van der Waals surface area contributed by atoms with Crippen LogP contribution in [0.4, 0.5) is 13.2 Å². The molecule has 0 N–H and O–H groups in total. The molecule has 5 nitrogen and oxygen atoms in total. The van der Waals surface area contributed by atoms with Gasteiger partial charge in [-0.1, -0.05) is 36.4 Å². The van der Waals surface area contributed by atoms with Gasteiger partial charge in [0.1, 0.15) is 6.54 Å². The van der Waals surface area contributed by atoms with Crippen LogP contribution in [0.2, 0.25) is 0 Å². The monoisotopic (exact) mass is 386 g/mol. The predicted octanol–water partition coefficient (Wildman–Crippen LogP) is 3.93. The number of Topliss-reactive ketones (excluding diaryl/α,β-unsaturated/α-hetero) is 1. The van der Waals surface area contributed by atoms with Gasteiger partial charge in [-0.25, -0.2) is 0 Å². The summed E-state index contributed by atoms with van der Waals surface area (Å²) in [4.78, 5) is 13.2. The van der Waals surface area contributed by atoms with E-state index in [0.29, 0.717) is 12.2 Å². The molecule has 1 fully saturated rings. The van der Waals surface area contributed by atoms with Crippen molar-refractivity contribution in [1.82, 2.24) is 20.2 Å². The fourth-order valence-electron chi connectivity index (χ4n) is 3.02. The molecule has 0 spiro atoms. The van der Waals surface area contributed by atoms with E-state index < -0.39 is 11.7 Å². The van der Waals surface area contributed by atoms with Gasteiger partial charge in [-0.15, -0.1) is 10.2 Å². The lowest BCUT2D eigenvalue weighted by molar-refractivity contribution is -0.137. The van der Waals surface area contributed by atoms with Crippen LogP contribution >= 0.6 is 0 Å². The molecule has 1 aromatic heterocycles. The molecule has 0 unspecified atom stereocenters. The maximum atomic E-state index is 12.7. The first-order chi connectivity index (χ1) is 13.4. The standard InChI is InChI=1S/C20H17F3N4O/c21-20(22,23)16-9-5-13(6-10-16)11-15-3-1-2-4-17(15)19-24-26-27(25-19)12-18(28)14-7-8-14/h1-6,9-10,14H,7-8,11-12H2. The lowest BCUT2D eigenvalue weighted by atomic mass is 9.98. The van der Waals surface area contributed by atoms with Gasteiger partial charge < -0.3 is 0 Å². The summed E-state index contributed by atoms with van der Waals surface area (Å²) in [5.41, 5.74) is 1.69. The van der Waals surface area contributed by atoms with E-state index in [1.807, 2.05) is 24.3 Å². The third kappa shape index (κ3) is 4.11. The molecule has 0 amide bonds. The topological polar surface area (TPSA) is 60.7 Å². The first-order valence-corrected chi connectivity index (χ1v) is 8.95. The van der Waals surface area contributed by atoms with Crippen LogP contribution < -0.4 is 0 Å². The van der Waals surface area contributed by atoms with Gasteiger partial charge in [0, 0.05) is 11.5 Å². The number of tetrazole rings is 1. The van der Waals surface area contributed by atoms with Crippen LogP contribution in [0, 0.1) is 5.92 Å². The molecule has 4 rings (SSSR count). The number of halogens is 3. The number of aromatic nitrogens is 4. The summed E-state index contributed by atoms with van der Waals surface area (Å²) in [6, 6.07) is 12.5. The Hall–Kier alpha value is -3.03. The Labute approximate surface area is 159 Å². The summed E-state index contributed by atoms with van der Waals surface area (Å²) < 4.78 is 38.2. The van der Waals surface area contributed by atoms with Gasteiger partial charge in [-0.3, -0.25) is 4.79 Å². The van der Waals surface area contributed by atoms with Crippen LogP contribution in [0.1, 0.15) is 29.5 Å². The average molecular weight is 386 g/mol. The molecule has 0 atom stereocenters. The zero-order chi connectivity index (χ0) is 19.7. The molecule has 144 valence electrons. The van der Waals surface area contributed by atoms with Gasteiger partial charge in [-0.2, -0.15) is 18.0 Å². The fraction of sp³-hybridized carbons (Fsp3) is 0.300. The van der Waals surface area contributed by atoms with Crippen LogP contribution in [-0.2, 0) is 23.9 Å². The van der Waals surface area contributed by atoms with E-state index >= 15 is 0 Å². The molecular weight excluding hydrogens is 369 g/mol. The van der Waals surface area contributed by atoms with E-state index in [9.17, 15) is 18.0 Å². The molecule has 3 aromatic rings. The van der Waals surface area contributed by atoms with Gasteiger partial charge in [0.2, 0.25) is 5.82 Å². The third-order valence-corrected chi connectivity index (χ3v) is 4.72. The summed E-state index contributed by atoms with van der Waals surface area (Å²) in [7, 11) is 0. The number of rotatable bonds is 6. The number of ketones is 1. The third-order valence-electron chi connectivity index (χ3n) is 4.72. The highest BCUT2D eigenvalue weighted by Crippen LogP contribution is 2.31. The highest BCUT2D eigenvalue weighted by Gasteiger charge is 2.30. The second kappa shape index (κ2) is 7.18. The lowest BCUT2D eigenvalue weighted by Gasteiger charge is -2.09. The molecular formula is C20H17F3N4O. The minimum absolute atomic E-state index is 0.110. The van der Waals surface area contributed by atoms with Gasteiger partial charge in [0.05, 0.1) is 5.56 Å². The van der Waals surface area contributed by atoms with E-state index in [1.54, 1.807) is 0 Å². The van der Waals surface area contributed by atoms with Gasteiger partial charge in [-0.05, 0) is 47.7 Å². The van der Waals surface area contributed by atoms with Crippen molar-refractivity contribution in [2.45, 2.75) is 32.0 Å². The van der Waals surface area contributed by atoms with E-state index in [0.717, 1.165) is 41.7 Å². The van der Waals surface area contributed by atoms with Crippen molar-refractivity contribution in [3.05, 3.63) is 65.2 Å². The van der Waals surface area contributed by atoms with E-state index in [1.165, 1.54) is 16.9 Å². The van der Waals surface area contributed by atoms with Gasteiger partial charge in [0.25, 0.3) is 0 Å². The van der Waals surface area contributed by atoms with Gasteiger partial charge in [0.15, 0.2) is 5.78 Å². The highest BCUT2D eigenvalue weighted by atomic mass is 19.4. The van der Waals surface area contributed by atoms with Crippen molar-refractivity contribution >= 4 is 5.78 Å². The van der Waals surface area contributed by atoms with Crippen LogP contribution in [0.3, 0.4) is 0 Å². The summed E-state index contributed by atoms with van der Waals surface area (Å²) in [5, 5.41) is 12.3. The molecule has 1 saturated carbocycles. The van der Waals surface area contributed by atoms with E-state index in [2.05, 4.69) is 15.4 Å². The fourth-order valence-corrected chi connectivity index (χ4v) is 3.02. The first-order valence-electron chi connectivity index (χ1n) is 8.95. The second-order valence-electron chi connectivity index (χ2n) is 6.91. The summed E-state index contributed by atoms with van der Waals surface area (Å²) >= 11 is 0. The SMILES string of the molecule is O=C(Cn1nnc(-c2ccccc2Cc2ccc(C(F)(F)F)cc2)n1)C1CC1. The Morgan fingerprint density at radius 1 is 1.07 bits per heavy atom. The van der Waals surface area contributed by atoms with Crippen molar-refractivity contribution in [3.63, 3.8) is 0 Å². The van der Waals surface area contributed by atoms with Crippen molar-refractivity contribution in [3.8, 4) is 11.4 Å². The zero-order valence-corrected chi connectivity index (χ0v) is 14.9. The zero-order valence-electron chi connectivity index (χ0n) is 14.9. The van der Waals surface area contributed by atoms with Crippen LogP contribution in [-0.4, -0.2) is 26.0 Å². The van der Waals surface area contributed by atoms with Gasteiger partial charge >= 0.3 is 6.18 Å². The lowest BCUT2D eigenvalue weighted by Crippen LogP contribution is -2.14.